The van der Waals surface area contributed by atoms with E-state index in [2.05, 4.69) is 4.98 Å². The van der Waals surface area contributed by atoms with Crippen molar-refractivity contribution in [1.82, 2.24) is 4.98 Å². The van der Waals surface area contributed by atoms with Gasteiger partial charge in [0.2, 0.25) is 0 Å². The van der Waals surface area contributed by atoms with Crippen molar-refractivity contribution in [2.75, 3.05) is 0 Å². The van der Waals surface area contributed by atoms with Crippen molar-refractivity contribution in [3.63, 3.8) is 0 Å². The highest BCUT2D eigenvalue weighted by molar-refractivity contribution is 5.31. The molecule has 0 fully saturated rings. The number of H-pyrrole nitrogens is 1. The molecular weight excluding hydrogens is 174 g/mol. The van der Waals surface area contributed by atoms with E-state index in [0.717, 1.165) is 0 Å². The van der Waals surface area contributed by atoms with E-state index < -0.39 is 17.1 Å². The molecule has 6 nitrogen and oxygen atoms in total. The van der Waals surface area contributed by atoms with Gasteiger partial charge in [-0.1, -0.05) is 0 Å². The summed E-state index contributed by atoms with van der Waals surface area (Å²) in [6.07, 6.45) is 0.510. The van der Waals surface area contributed by atoms with Gasteiger partial charge in [-0.3, -0.25) is 10.1 Å². The molecule has 0 amide bonds. The SMILES string of the molecule is C[C@@H](O)[C@@H](N)c1cc([N+](=O)[O-])c[nH]1. The molecule has 2 atom stereocenters. The van der Waals surface area contributed by atoms with Crippen LogP contribution >= 0.6 is 0 Å². The van der Waals surface area contributed by atoms with E-state index in [-0.39, 0.29) is 5.69 Å². The van der Waals surface area contributed by atoms with Crippen LogP contribution in [0.4, 0.5) is 5.69 Å². The van der Waals surface area contributed by atoms with Gasteiger partial charge in [0.15, 0.2) is 0 Å². The number of nitrogens with one attached hydrogen (secondary N) is 1. The quantitative estimate of drug-likeness (QED) is 0.465. The molecule has 0 saturated heterocycles. The summed E-state index contributed by atoms with van der Waals surface area (Å²) in [5.41, 5.74) is 5.96. The highest BCUT2D eigenvalue weighted by Gasteiger charge is 2.17. The lowest BCUT2D eigenvalue weighted by atomic mass is 10.1. The number of aromatic nitrogens is 1. The molecule has 72 valence electrons. The Labute approximate surface area is 74.5 Å². The van der Waals surface area contributed by atoms with Crippen molar-refractivity contribution in [2.24, 2.45) is 5.73 Å². The molecule has 0 unspecified atom stereocenters. The van der Waals surface area contributed by atoms with Crippen molar-refractivity contribution in [2.45, 2.75) is 19.1 Å². The molecule has 0 bridgehead atoms. The molecule has 6 heteroatoms. The van der Waals surface area contributed by atoms with Crippen LogP contribution in [0.5, 0.6) is 0 Å². The second kappa shape index (κ2) is 3.55. The molecule has 1 rings (SSSR count). The Morgan fingerprint density at radius 2 is 2.38 bits per heavy atom. The summed E-state index contributed by atoms with van der Waals surface area (Å²) >= 11 is 0. The summed E-state index contributed by atoms with van der Waals surface area (Å²) in [6.45, 7) is 1.53. The Morgan fingerprint density at radius 1 is 1.77 bits per heavy atom. The van der Waals surface area contributed by atoms with Gasteiger partial charge >= 0.3 is 0 Å². The number of aromatic amines is 1. The first-order valence-corrected chi connectivity index (χ1v) is 3.78. The van der Waals surface area contributed by atoms with E-state index in [1.165, 1.54) is 19.2 Å². The average Bonchev–Trinajstić information content (AvgIpc) is 2.50. The van der Waals surface area contributed by atoms with E-state index in [0.29, 0.717) is 5.69 Å². The zero-order chi connectivity index (χ0) is 10.0. The van der Waals surface area contributed by atoms with Crippen molar-refractivity contribution in [3.05, 3.63) is 28.1 Å². The molecule has 0 spiro atoms. The van der Waals surface area contributed by atoms with Crippen LogP contribution in [-0.4, -0.2) is 21.1 Å². The summed E-state index contributed by atoms with van der Waals surface area (Å²) in [5, 5.41) is 19.4. The van der Waals surface area contributed by atoms with Crippen LogP contribution in [0.1, 0.15) is 18.7 Å². The largest absolute Gasteiger partial charge is 0.391 e. The zero-order valence-electron chi connectivity index (χ0n) is 7.10. The smallest absolute Gasteiger partial charge is 0.287 e. The molecule has 4 N–H and O–H groups in total. The second-order valence-electron chi connectivity index (χ2n) is 2.84. The van der Waals surface area contributed by atoms with Gasteiger partial charge in [0.25, 0.3) is 5.69 Å². The molecule has 1 aromatic heterocycles. The van der Waals surface area contributed by atoms with Gasteiger partial charge in [-0.05, 0) is 6.92 Å². The van der Waals surface area contributed by atoms with E-state index in [4.69, 9.17) is 10.8 Å². The third kappa shape index (κ3) is 2.04. The molecule has 0 aromatic carbocycles. The molecule has 0 aliphatic heterocycles. The van der Waals surface area contributed by atoms with Crippen molar-refractivity contribution in [1.29, 1.82) is 0 Å². The Bertz CT molecular complexity index is 308. The number of hydrogen-bond donors (Lipinski definition) is 3. The first-order valence-electron chi connectivity index (χ1n) is 3.78. The van der Waals surface area contributed by atoms with Crippen LogP contribution in [0.2, 0.25) is 0 Å². The minimum Gasteiger partial charge on any atom is -0.391 e. The van der Waals surface area contributed by atoms with Crippen LogP contribution in [0.3, 0.4) is 0 Å². The van der Waals surface area contributed by atoms with Crippen molar-refractivity contribution >= 4 is 5.69 Å². The van der Waals surface area contributed by atoms with Gasteiger partial charge in [0, 0.05) is 11.8 Å². The number of aliphatic hydroxyl groups excluding tert-OH is 1. The Morgan fingerprint density at radius 3 is 2.77 bits per heavy atom. The zero-order valence-corrected chi connectivity index (χ0v) is 7.10. The minimum atomic E-state index is -0.738. The predicted molar refractivity (Wildman–Crippen MR) is 46.1 cm³/mol. The fraction of sp³-hybridized carbons (Fsp3) is 0.429. The number of nitro groups is 1. The van der Waals surface area contributed by atoms with Crippen LogP contribution in [-0.2, 0) is 0 Å². The van der Waals surface area contributed by atoms with Gasteiger partial charge in [0.1, 0.15) is 0 Å². The maximum atomic E-state index is 10.3. The van der Waals surface area contributed by atoms with Crippen LogP contribution in [0.15, 0.2) is 12.3 Å². The van der Waals surface area contributed by atoms with E-state index in [1.807, 2.05) is 0 Å². The standard InChI is InChI=1S/C7H11N3O3/c1-4(11)7(8)6-2-5(3-9-6)10(12)13/h2-4,7,9,11H,8H2,1H3/t4-,7-/m1/s1. The van der Waals surface area contributed by atoms with E-state index in [1.54, 1.807) is 0 Å². The average molecular weight is 185 g/mol. The molecule has 13 heavy (non-hydrogen) atoms. The number of nitrogens with zero attached hydrogens (tertiary/aromatic N) is 1. The Hall–Kier alpha value is -1.40. The first kappa shape index (κ1) is 9.69. The van der Waals surface area contributed by atoms with Gasteiger partial charge in [-0.25, -0.2) is 0 Å². The molecule has 1 heterocycles. The molecule has 0 saturated carbocycles. The fourth-order valence-electron chi connectivity index (χ4n) is 0.958. The fourth-order valence-corrected chi connectivity index (χ4v) is 0.958. The minimum absolute atomic E-state index is 0.0499. The number of rotatable bonds is 3. The van der Waals surface area contributed by atoms with E-state index >= 15 is 0 Å². The molecule has 1 aromatic rings. The highest BCUT2D eigenvalue weighted by Crippen LogP contribution is 2.18. The van der Waals surface area contributed by atoms with Crippen molar-refractivity contribution in [3.8, 4) is 0 Å². The summed E-state index contributed by atoms with van der Waals surface area (Å²) in [7, 11) is 0. The van der Waals surface area contributed by atoms with Crippen LogP contribution in [0.25, 0.3) is 0 Å². The second-order valence-corrected chi connectivity index (χ2v) is 2.84. The number of nitrogens with two attached hydrogens (primary N) is 1. The maximum absolute atomic E-state index is 10.3. The maximum Gasteiger partial charge on any atom is 0.287 e. The third-order valence-electron chi connectivity index (χ3n) is 1.78. The predicted octanol–water partition coefficient (Wildman–Crippen LogP) is 0.304. The third-order valence-corrected chi connectivity index (χ3v) is 1.78. The van der Waals surface area contributed by atoms with E-state index in [9.17, 15) is 10.1 Å². The lowest BCUT2D eigenvalue weighted by Crippen LogP contribution is -2.23. The molecule has 0 aliphatic rings. The molecule has 0 radical (unpaired) electrons. The monoisotopic (exact) mass is 185 g/mol. The van der Waals surface area contributed by atoms with Gasteiger partial charge in [0.05, 0.1) is 23.3 Å². The Balaban J connectivity index is 2.85. The van der Waals surface area contributed by atoms with Gasteiger partial charge < -0.3 is 15.8 Å². The summed E-state index contributed by atoms with van der Waals surface area (Å²) < 4.78 is 0. The Kier molecular flexibility index (Phi) is 2.64. The summed E-state index contributed by atoms with van der Waals surface area (Å²) in [5.74, 6) is 0. The van der Waals surface area contributed by atoms with Gasteiger partial charge in [-0.15, -0.1) is 0 Å². The lowest BCUT2D eigenvalue weighted by Gasteiger charge is -2.11. The van der Waals surface area contributed by atoms with Crippen LogP contribution in [0, 0.1) is 10.1 Å². The molecule has 0 aliphatic carbocycles. The van der Waals surface area contributed by atoms with Crippen LogP contribution < -0.4 is 5.73 Å². The first-order chi connectivity index (χ1) is 6.02. The highest BCUT2D eigenvalue weighted by atomic mass is 16.6. The number of hydrogen-bond acceptors (Lipinski definition) is 4. The van der Waals surface area contributed by atoms with Crippen molar-refractivity contribution < 1.29 is 10.0 Å². The summed E-state index contributed by atoms with van der Waals surface area (Å²) in [4.78, 5) is 12.4. The normalized spacial score (nSPS) is 15.3. The topological polar surface area (TPSA) is 105 Å². The summed E-state index contributed by atoms with van der Waals surface area (Å²) in [6, 6.07) is 0.700. The molecular formula is C7H11N3O3. The number of aliphatic hydroxyl groups is 1. The lowest BCUT2D eigenvalue weighted by molar-refractivity contribution is -0.384. The van der Waals surface area contributed by atoms with Gasteiger partial charge in [-0.2, -0.15) is 0 Å².